The van der Waals surface area contributed by atoms with Gasteiger partial charge in [0, 0.05) is 31.1 Å². The first-order valence-electron chi connectivity index (χ1n) is 5.87. The third-order valence-electron chi connectivity index (χ3n) is 2.66. The molecule has 0 aliphatic heterocycles. The molecule has 0 unspecified atom stereocenters. The van der Waals surface area contributed by atoms with Gasteiger partial charge >= 0.3 is 5.76 Å². The highest BCUT2D eigenvalue weighted by Gasteiger charge is 2.11. The van der Waals surface area contributed by atoms with E-state index in [1.54, 1.807) is 18.2 Å². The van der Waals surface area contributed by atoms with Gasteiger partial charge in [-0.05, 0) is 18.2 Å². The van der Waals surface area contributed by atoms with E-state index in [1.165, 1.54) is 4.57 Å². The van der Waals surface area contributed by atoms with Gasteiger partial charge in [0.05, 0.1) is 5.52 Å². The zero-order valence-electron chi connectivity index (χ0n) is 10.2. The second-order valence-corrected chi connectivity index (χ2v) is 4.46. The molecule has 2 aromatic rings. The first-order valence-corrected chi connectivity index (χ1v) is 6.25. The van der Waals surface area contributed by atoms with Crippen LogP contribution in [-0.2, 0) is 11.3 Å². The highest BCUT2D eigenvalue weighted by Crippen LogP contribution is 2.18. The van der Waals surface area contributed by atoms with Crippen LogP contribution >= 0.6 is 11.6 Å². The largest absolute Gasteiger partial charge is 0.419 e. The molecule has 1 aromatic heterocycles. The van der Waals surface area contributed by atoms with Crippen molar-refractivity contribution in [2.75, 3.05) is 13.1 Å². The number of amides is 1. The number of oxazole rings is 1. The topological polar surface area (TPSA) is 90.3 Å². The fourth-order valence-electron chi connectivity index (χ4n) is 1.76. The summed E-state index contributed by atoms with van der Waals surface area (Å²) in [5.74, 6) is -0.655. The zero-order valence-corrected chi connectivity index (χ0v) is 10.9. The summed E-state index contributed by atoms with van der Waals surface area (Å²) >= 11 is 5.88. The van der Waals surface area contributed by atoms with Crippen molar-refractivity contribution >= 4 is 28.6 Å². The minimum absolute atomic E-state index is 0.159. The number of carbonyl (C=O) groups is 1. The molecule has 1 amide bonds. The Kier molecular flexibility index (Phi) is 4.24. The molecule has 0 radical (unpaired) electrons. The molecule has 19 heavy (non-hydrogen) atoms. The van der Waals surface area contributed by atoms with Crippen LogP contribution in [0.2, 0.25) is 5.02 Å². The van der Waals surface area contributed by atoms with Gasteiger partial charge in [0.1, 0.15) is 0 Å². The van der Waals surface area contributed by atoms with Crippen LogP contribution in [0.3, 0.4) is 0 Å². The molecule has 102 valence electrons. The van der Waals surface area contributed by atoms with Crippen molar-refractivity contribution in [3.63, 3.8) is 0 Å². The molecule has 0 bridgehead atoms. The summed E-state index contributed by atoms with van der Waals surface area (Å²) in [6.07, 6.45) is 0.182. The molecule has 2 rings (SSSR count). The summed E-state index contributed by atoms with van der Waals surface area (Å²) in [5, 5.41) is 3.15. The average Bonchev–Trinajstić information content (AvgIpc) is 2.69. The molecule has 1 aromatic carbocycles. The average molecular weight is 284 g/mol. The number of rotatable bonds is 5. The van der Waals surface area contributed by atoms with Gasteiger partial charge in [-0.25, -0.2) is 4.79 Å². The molecule has 3 N–H and O–H groups in total. The number of carbonyl (C=O) groups excluding carboxylic acids is 1. The lowest BCUT2D eigenvalue weighted by Crippen LogP contribution is -2.30. The van der Waals surface area contributed by atoms with Crippen molar-refractivity contribution in [2.24, 2.45) is 5.73 Å². The van der Waals surface area contributed by atoms with E-state index in [9.17, 15) is 9.59 Å². The second-order valence-electron chi connectivity index (χ2n) is 4.02. The molecule has 0 aliphatic carbocycles. The van der Waals surface area contributed by atoms with E-state index in [0.29, 0.717) is 29.2 Å². The van der Waals surface area contributed by atoms with Crippen molar-refractivity contribution in [3.05, 3.63) is 33.8 Å². The lowest BCUT2D eigenvalue weighted by Gasteiger charge is -2.04. The Morgan fingerprint density at radius 1 is 1.47 bits per heavy atom. The third kappa shape index (κ3) is 3.15. The molecule has 6 nitrogen and oxygen atoms in total. The van der Waals surface area contributed by atoms with Crippen molar-refractivity contribution in [1.82, 2.24) is 9.88 Å². The third-order valence-corrected chi connectivity index (χ3v) is 2.89. The highest BCUT2D eigenvalue weighted by molar-refractivity contribution is 6.31. The van der Waals surface area contributed by atoms with E-state index in [0.717, 1.165) is 0 Å². The summed E-state index contributed by atoms with van der Waals surface area (Å²) in [6, 6.07) is 4.91. The molecule has 0 atom stereocenters. The first-order chi connectivity index (χ1) is 9.11. The molecular weight excluding hydrogens is 270 g/mol. The molecule has 0 saturated carbocycles. The molecule has 1 heterocycles. The van der Waals surface area contributed by atoms with E-state index < -0.39 is 5.76 Å². The number of hydrogen-bond donors (Lipinski definition) is 2. The number of halogens is 1. The Morgan fingerprint density at radius 3 is 3.00 bits per heavy atom. The number of hydrogen-bond acceptors (Lipinski definition) is 4. The normalized spacial score (nSPS) is 10.8. The zero-order chi connectivity index (χ0) is 13.8. The Morgan fingerprint density at radius 2 is 2.26 bits per heavy atom. The van der Waals surface area contributed by atoms with Gasteiger partial charge in [0.15, 0.2) is 5.58 Å². The summed E-state index contributed by atoms with van der Waals surface area (Å²) in [6.45, 7) is 1.05. The first kappa shape index (κ1) is 13.6. The molecule has 0 aliphatic rings. The van der Waals surface area contributed by atoms with Crippen LogP contribution in [0.15, 0.2) is 27.4 Å². The number of nitrogens with zero attached hydrogens (tertiary/aromatic N) is 1. The summed E-state index contributed by atoms with van der Waals surface area (Å²) in [4.78, 5) is 23.2. The quantitative estimate of drug-likeness (QED) is 0.846. The van der Waals surface area contributed by atoms with E-state index >= 15 is 0 Å². The van der Waals surface area contributed by atoms with E-state index in [-0.39, 0.29) is 18.9 Å². The van der Waals surface area contributed by atoms with Crippen LogP contribution in [0.25, 0.3) is 11.1 Å². The van der Waals surface area contributed by atoms with Gasteiger partial charge in [0.25, 0.3) is 0 Å². The van der Waals surface area contributed by atoms with Crippen LogP contribution in [0.4, 0.5) is 0 Å². The van der Waals surface area contributed by atoms with E-state index in [1.807, 2.05) is 0 Å². The fraction of sp³-hybridized carbons (Fsp3) is 0.333. The Bertz CT molecular complexity index is 647. The van der Waals surface area contributed by atoms with Gasteiger partial charge in [-0.3, -0.25) is 9.36 Å². The maximum atomic E-state index is 11.7. The summed E-state index contributed by atoms with van der Waals surface area (Å²) in [5.41, 5.74) is 6.33. The van der Waals surface area contributed by atoms with Crippen LogP contribution < -0.4 is 16.8 Å². The summed E-state index contributed by atoms with van der Waals surface area (Å²) < 4.78 is 6.46. The number of benzene rings is 1. The Hall–Kier alpha value is -1.79. The lowest BCUT2D eigenvalue weighted by atomic mass is 10.3. The van der Waals surface area contributed by atoms with Gasteiger partial charge < -0.3 is 15.5 Å². The van der Waals surface area contributed by atoms with E-state index in [4.69, 9.17) is 21.8 Å². The predicted octanol–water partition coefficient (Wildman–Crippen LogP) is 0.713. The van der Waals surface area contributed by atoms with Crippen LogP contribution in [-0.4, -0.2) is 23.6 Å². The molecule has 0 saturated heterocycles. The van der Waals surface area contributed by atoms with Crippen LogP contribution in [0.5, 0.6) is 0 Å². The lowest BCUT2D eigenvalue weighted by molar-refractivity contribution is -0.121. The maximum absolute atomic E-state index is 11.7. The van der Waals surface area contributed by atoms with Gasteiger partial charge in [-0.1, -0.05) is 11.6 Å². The van der Waals surface area contributed by atoms with Gasteiger partial charge in [0.2, 0.25) is 5.91 Å². The standard InChI is InChI=1S/C12H14ClN3O3/c13-8-1-2-10-9(7-8)16(12(18)19-10)6-3-11(17)15-5-4-14/h1-2,7H,3-6,14H2,(H,15,17). The number of fused-ring (bicyclic) bond motifs is 1. The minimum Gasteiger partial charge on any atom is -0.408 e. The Labute approximate surface area is 114 Å². The monoisotopic (exact) mass is 283 g/mol. The molecule has 0 fully saturated rings. The predicted molar refractivity (Wildman–Crippen MR) is 72.2 cm³/mol. The van der Waals surface area contributed by atoms with Gasteiger partial charge in [-0.2, -0.15) is 0 Å². The van der Waals surface area contributed by atoms with Crippen molar-refractivity contribution in [2.45, 2.75) is 13.0 Å². The molecular formula is C12H14ClN3O3. The van der Waals surface area contributed by atoms with Crippen molar-refractivity contribution in [3.8, 4) is 0 Å². The number of aryl methyl sites for hydroxylation is 1. The smallest absolute Gasteiger partial charge is 0.408 e. The number of nitrogens with one attached hydrogen (secondary N) is 1. The number of nitrogens with two attached hydrogens (primary N) is 1. The highest BCUT2D eigenvalue weighted by atomic mass is 35.5. The fourth-order valence-corrected chi connectivity index (χ4v) is 1.93. The van der Waals surface area contributed by atoms with Gasteiger partial charge in [-0.15, -0.1) is 0 Å². The Balaban J connectivity index is 2.16. The molecule has 7 heteroatoms. The second kappa shape index (κ2) is 5.90. The van der Waals surface area contributed by atoms with E-state index in [2.05, 4.69) is 5.32 Å². The van der Waals surface area contributed by atoms with Crippen molar-refractivity contribution < 1.29 is 9.21 Å². The SMILES string of the molecule is NCCNC(=O)CCn1c(=O)oc2ccc(Cl)cc21. The molecule has 0 spiro atoms. The maximum Gasteiger partial charge on any atom is 0.419 e. The van der Waals surface area contributed by atoms with Crippen LogP contribution in [0, 0.1) is 0 Å². The number of aromatic nitrogens is 1. The minimum atomic E-state index is -0.496. The van der Waals surface area contributed by atoms with Crippen molar-refractivity contribution in [1.29, 1.82) is 0 Å². The van der Waals surface area contributed by atoms with Crippen LogP contribution in [0.1, 0.15) is 6.42 Å². The summed E-state index contributed by atoms with van der Waals surface area (Å²) in [7, 11) is 0.